The maximum atomic E-state index is 10.4. The highest BCUT2D eigenvalue weighted by Crippen LogP contribution is 2.41. The zero-order valence-electron chi connectivity index (χ0n) is 10.9. The van der Waals surface area contributed by atoms with Gasteiger partial charge in [0.05, 0.1) is 10.6 Å². The van der Waals surface area contributed by atoms with Gasteiger partial charge < -0.3 is 10.2 Å². The van der Waals surface area contributed by atoms with Crippen molar-refractivity contribution >= 4 is 23.4 Å². The van der Waals surface area contributed by atoms with Crippen LogP contribution in [0.2, 0.25) is 5.02 Å². The highest BCUT2D eigenvalue weighted by Gasteiger charge is 2.16. The maximum absolute atomic E-state index is 10.4. The van der Waals surface area contributed by atoms with E-state index in [1.807, 2.05) is 30.3 Å². The Bertz CT molecular complexity index is 771. The van der Waals surface area contributed by atoms with Gasteiger partial charge in [-0.3, -0.25) is 4.57 Å². The van der Waals surface area contributed by atoms with E-state index in [9.17, 15) is 10.2 Å². The number of hydrogen-bond acceptors (Lipinski definition) is 3. The second kappa shape index (κ2) is 5.76. The van der Waals surface area contributed by atoms with Crippen LogP contribution in [-0.2, 0) is 0 Å². The molecule has 0 bridgehead atoms. The standard InChI is InChI=1S/C16H12ClNO2S/c17-11-5-4-6-12(9-11)18-15(19)10-14(16(18)20)21-13-7-2-1-3-8-13/h1-10,19-20H. The number of halogens is 1. The number of hydrogen-bond donors (Lipinski definition) is 2. The molecule has 3 aromatic rings. The monoisotopic (exact) mass is 317 g/mol. The van der Waals surface area contributed by atoms with Crippen LogP contribution in [-0.4, -0.2) is 14.8 Å². The average molecular weight is 318 g/mol. The predicted octanol–water partition coefficient (Wildman–Crippen LogP) is 4.69. The van der Waals surface area contributed by atoms with Gasteiger partial charge >= 0.3 is 0 Å². The lowest BCUT2D eigenvalue weighted by Gasteiger charge is -2.07. The van der Waals surface area contributed by atoms with Crippen LogP contribution in [0.4, 0.5) is 0 Å². The SMILES string of the molecule is Oc1cc(Sc2ccccc2)c(O)n1-c1cccc(Cl)c1. The zero-order valence-corrected chi connectivity index (χ0v) is 12.5. The molecule has 0 saturated heterocycles. The van der Waals surface area contributed by atoms with Crippen LogP contribution in [0.5, 0.6) is 11.8 Å². The second-order valence-corrected chi connectivity index (χ2v) is 5.97. The number of nitrogens with zero attached hydrogens (tertiary/aromatic N) is 1. The first-order valence-electron chi connectivity index (χ1n) is 6.27. The third kappa shape index (κ3) is 2.86. The van der Waals surface area contributed by atoms with Gasteiger partial charge in [0.25, 0.3) is 0 Å². The van der Waals surface area contributed by atoms with Crippen molar-refractivity contribution in [2.75, 3.05) is 0 Å². The Morgan fingerprint density at radius 3 is 2.38 bits per heavy atom. The summed E-state index contributed by atoms with van der Waals surface area (Å²) in [4.78, 5) is 1.56. The molecule has 0 saturated carbocycles. The number of aromatic hydroxyl groups is 2. The summed E-state index contributed by atoms with van der Waals surface area (Å²) in [6.07, 6.45) is 0. The summed E-state index contributed by atoms with van der Waals surface area (Å²) < 4.78 is 1.36. The van der Waals surface area contributed by atoms with Crippen molar-refractivity contribution in [2.45, 2.75) is 9.79 Å². The molecule has 2 aromatic carbocycles. The van der Waals surface area contributed by atoms with Crippen molar-refractivity contribution in [1.82, 2.24) is 4.57 Å². The first-order chi connectivity index (χ1) is 10.1. The van der Waals surface area contributed by atoms with E-state index in [2.05, 4.69) is 0 Å². The Hall–Kier alpha value is -2.04. The molecule has 0 unspecified atom stereocenters. The first kappa shape index (κ1) is 13.9. The zero-order chi connectivity index (χ0) is 14.8. The van der Waals surface area contributed by atoms with Gasteiger partial charge in [-0.1, -0.05) is 47.6 Å². The van der Waals surface area contributed by atoms with Gasteiger partial charge in [0.15, 0.2) is 5.88 Å². The Morgan fingerprint density at radius 1 is 0.905 bits per heavy atom. The molecule has 5 heteroatoms. The molecule has 2 N–H and O–H groups in total. The van der Waals surface area contributed by atoms with Gasteiger partial charge in [0.1, 0.15) is 0 Å². The fourth-order valence-corrected chi connectivity index (χ4v) is 3.10. The van der Waals surface area contributed by atoms with E-state index in [1.165, 1.54) is 22.4 Å². The summed E-state index contributed by atoms with van der Waals surface area (Å²) >= 11 is 7.34. The van der Waals surface area contributed by atoms with Gasteiger partial charge in [0.2, 0.25) is 5.88 Å². The van der Waals surface area contributed by atoms with E-state index in [4.69, 9.17) is 11.6 Å². The molecule has 3 rings (SSSR count). The van der Waals surface area contributed by atoms with Crippen molar-refractivity contribution in [3.63, 3.8) is 0 Å². The molecule has 1 aromatic heterocycles. The fourth-order valence-electron chi connectivity index (χ4n) is 2.03. The van der Waals surface area contributed by atoms with E-state index < -0.39 is 0 Å². The Morgan fingerprint density at radius 2 is 1.67 bits per heavy atom. The first-order valence-corrected chi connectivity index (χ1v) is 7.47. The normalized spacial score (nSPS) is 10.7. The minimum absolute atomic E-state index is 0.0105. The van der Waals surface area contributed by atoms with Gasteiger partial charge in [0, 0.05) is 16.0 Å². The van der Waals surface area contributed by atoms with E-state index in [-0.39, 0.29) is 11.8 Å². The Balaban J connectivity index is 2.01. The topological polar surface area (TPSA) is 45.4 Å². The summed E-state index contributed by atoms with van der Waals surface area (Å²) in [7, 11) is 0. The van der Waals surface area contributed by atoms with Gasteiger partial charge in [-0.15, -0.1) is 0 Å². The lowest BCUT2D eigenvalue weighted by molar-refractivity contribution is 0.398. The minimum atomic E-state index is -0.0341. The van der Waals surface area contributed by atoms with E-state index in [1.54, 1.807) is 24.3 Å². The average Bonchev–Trinajstić information content (AvgIpc) is 2.74. The van der Waals surface area contributed by atoms with Crippen LogP contribution >= 0.6 is 23.4 Å². The predicted molar refractivity (Wildman–Crippen MR) is 84.7 cm³/mol. The van der Waals surface area contributed by atoms with Crippen molar-refractivity contribution in [3.8, 4) is 17.4 Å². The summed E-state index contributed by atoms with van der Waals surface area (Å²) in [6, 6.07) is 18.1. The number of rotatable bonds is 3. The molecule has 0 spiro atoms. The second-order valence-electron chi connectivity index (χ2n) is 4.42. The van der Waals surface area contributed by atoms with Gasteiger partial charge in [-0.2, -0.15) is 0 Å². The molecule has 0 aliphatic heterocycles. The third-order valence-corrected chi connectivity index (χ3v) is 4.22. The van der Waals surface area contributed by atoms with Crippen LogP contribution < -0.4 is 0 Å². The van der Waals surface area contributed by atoms with Crippen LogP contribution in [0.1, 0.15) is 0 Å². The van der Waals surface area contributed by atoms with E-state index in [0.717, 1.165) is 4.90 Å². The molecule has 3 nitrogen and oxygen atoms in total. The molecule has 21 heavy (non-hydrogen) atoms. The van der Waals surface area contributed by atoms with E-state index in [0.29, 0.717) is 15.6 Å². The molecule has 0 atom stereocenters. The van der Waals surface area contributed by atoms with Crippen LogP contribution in [0, 0.1) is 0 Å². The number of benzene rings is 2. The molecule has 0 amide bonds. The Kier molecular flexibility index (Phi) is 3.82. The van der Waals surface area contributed by atoms with E-state index >= 15 is 0 Å². The molecular weight excluding hydrogens is 306 g/mol. The van der Waals surface area contributed by atoms with Crippen LogP contribution in [0.25, 0.3) is 5.69 Å². The van der Waals surface area contributed by atoms with Gasteiger partial charge in [-0.05, 0) is 30.3 Å². The fraction of sp³-hybridized carbons (Fsp3) is 0. The molecule has 0 aliphatic rings. The Labute approximate surface area is 131 Å². The maximum Gasteiger partial charge on any atom is 0.213 e. The van der Waals surface area contributed by atoms with Crippen LogP contribution in [0.3, 0.4) is 0 Å². The quantitative estimate of drug-likeness (QED) is 0.736. The smallest absolute Gasteiger partial charge is 0.213 e. The summed E-state index contributed by atoms with van der Waals surface area (Å²) in [5.41, 5.74) is 0.609. The van der Waals surface area contributed by atoms with Crippen molar-refractivity contribution in [1.29, 1.82) is 0 Å². The lowest BCUT2D eigenvalue weighted by atomic mass is 10.3. The molecular formula is C16H12ClNO2S. The summed E-state index contributed by atoms with van der Waals surface area (Å²) in [5.74, 6) is -0.0446. The minimum Gasteiger partial charge on any atom is -0.494 e. The highest BCUT2D eigenvalue weighted by molar-refractivity contribution is 7.99. The lowest BCUT2D eigenvalue weighted by Crippen LogP contribution is -1.92. The highest BCUT2D eigenvalue weighted by atomic mass is 35.5. The summed E-state index contributed by atoms with van der Waals surface area (Å²) in [5, 5.41) is 21.0. The number of aromatic nitrogens is 1. The summed E-state index contributed by atoms with van der Waals surface area (Å²) in [6.45, 7) is 0. The van der Waals surface area contributed by atoms with Crippen LogP contribution in [0.15, 0.2) is 70.5 Å². The molecule has 1 heterocycles. The van der Waals surface area contributed by atoms with Gasteiger partial charge in [-0.25, -0.2) is 0 Å². The molecule has 0 fully saturated rings. The largest absolute Gasteiger partial charge is 0.494 e. The van der Waals surface area contributed by atoms with Crippen molar-refractivity contribution in [3.05, 3.63) is 65.7 Å². The third-order valence-electron chi connectivity index (χ3n) is 2.96. The van der Waals surface area contributed by atoms with Crippen molar-refractivity contribution in [2.24, 2.45) is 0 Å². The molecule has 106 valence electrons. The van der Waals surface area contributed by atoms with Crippen molar-refractivity contribution < 1.29 is 10.2 Å². The molecule has 0 radical (unpaired) electrons. The molecule has 0 aliphatic carbocycles.